The van der Waals surface area contributed by atoms with Gasteiger partial charge in [0.15, 0.2) is 11.5 Å². The Morgan fingerprint density at radius 3 is 2.32 bits per heavy atom. The predicted octanol–water partition coefficient (Wildman–Crippen LogP) is 4.78. The van der Waals surface area contributed by atoms with E-state index >= 15 is 0 Å². The van der Waals surface area contributed by atoms with E-state index in [-0.39, 0.29) is 21.4 Å². The smallest absolute Gasteiger partial charge is 0.264 e. The number of hydrogen-bond donors (Lipinski definition) is 1. The molecule has 0 atom stereocenters. The molecule has 0 saturated heterocycles. The van der Waals surface area contributed by atoms with E-state index in [1.807, 2.05) is 6.92 Å². The minimum Gasteiger partial charge on any atom is -0.495 e. The highest BCUT2D eigenvalue weighted by Crippen LogP contribution is 2.36. The Labute approximate surface area is 229 Å². The fraction of sp³-hybridized carbons (Fsp3) is 0.200. The zero-order valence-electron chi connectivity index (χ0n) is 20.5. The molecule has 0 spiro atoms. The van der Waals surface area contributed by atoms with Crippen molar-refractivity contribution in [3.05, 3.63) is 75.2 Å². The van der Waals surface area contributed by atoms with Crippen LogP contribution in [0.2, 0.25) is 5.02 Å². The summed E-state index contributed by atoms with van der Waals surface area (Å²) in [6, 6.07) is 14.2. The molecule has 1 amide bonds. The Balaban J connectivity index is 1.91. The van der Waals surface area contributed by atoms with Gasteiger partial charge in [0.2, 0.25) is 0 Å². The first-order valence-corrected chi connectivity index (χ1v) is 13.4. The maximum absolute atomic E-state index is 13.6. The summed E-state index contributed by atoms with van der Waals surface area (Å²) in [6.45, 7) is 1.26. The summed E-state index contributed by atoms with van der Waals surface area (Å²) in [7, 11) is 0.244. The number of benzene rings is 3. The first-order valence-electron chi connectivity index (χ1n) is 10.8. The maximum Gasteiger partial charge on any atom is 0.264 e. The molecule has 0 bridgehead atoms. The minimum atomic E-state index is -4.17. The van der Waals surface area contributed by atoms with Crippen molar-refractivity contribution in [2.24, 2.45) is 5.10 Å². The first-order chi connectivity index (χ1) is 17.6. The number of nitrogens with one attached hydrogen (secondary N) is 1. The Morgan fingerprint density at radius 2 is 1.70 bits per heavy atom. The summed E-state index contributed by atoms with van der Waals surface area (Å²) >= 11 is 9.55. The second kappa shape index (κ2) is 12.3. The van der Waals surface area contributed by atoms with E-state index in [0.29, 0.717) is 21.5 Å². The van der Waals surface area contributed by atoms with Gasteiger partial charge < -0.3 is 14.2 Å². The molecule has 0 aliphatic rings. The second-order valence-corrected chi connectivity index (χ2v) is 10.8. The number of sulfonamides is 1. The molecule has 0 aromatic heterocycles. The molecule has 0 unspecified atom stereocenters. The van der Waals surface area contributed by atoms with Gasteiger partial charge in [-0.1, -0.05) is 29.3 Å². The van der Waals surface area contributed by atoms with E-state index in [9.17, 15) is 13.2 Å². The Hall–Kier alpha value is -3.28. The maximum atomic E-state index is 13.6. The van der Waals surface area contributed by atoms with E-state index in [0.717, 1.165) is 9.87 Å². The van der Waals surface area contributed by atoms with E-state index in [2.05, 4.69) is 26.5 Å². The minimum absolute atomic E-state index is 0.00612. The quantitative estimate of drug-likeness (QED) is 0.262. The highest BCUT2D eigenvalue weighted by atomic mass is 79.9. The lowest BCUT2D eigenvalue weighted by Gasteiger charge is -2.25. The second-order valence-electron chi connectivity index (χ2n) is 7.67. The van der Waals surface area contributed by atoms with Crippen LogP contribution in [0, 0.1) is 6.92 Å². The molecule has 1 N–H and O–H groups in total. The number of aryl methyl sites for hydroxylation is 1. The van der Waals surface area contributed by atoms with Crippen LogP contribution in [0.5, 0.6) is 17.2 Å². The molecule has 12 heteroatoms. The fourth-order valence-electron chi connectivity index (χ4n) is 3.35. The highest BCUT2D eigenvalue weighted by Gasteiger charge is 2.29. The van der Waals surface area contributed by atoms with Crippen LogP contribution < -0.4 is 23.9 Å². The number of hydrazone groups is 1. The van der Waals surface area contributed by atoms with E-state index < -0.39 is 22.5 Å². The number of hydrogen-bond acceptors (Lipinski definition) is 7. The number of carbonyl (C=O) groups is 1. The molecule has 0 saturated carbocycles. The van der Waals surface area contributed by atoms with E-state index in [4.69, 9.17) is 25.8 Å². The molecule has 0 fully saturated rings. The topological polar surface area (TPSA) is 107 Å². The Morgan fingerprint density at radius 1 is 1.03 bits per heavy atom. The number of ether oxygens (including phenoxy) is 3. The average Bonchev–Trinajstić information content (AvgIpc) is 2.87. The highest BCUT2D eigenvalue weighted by molar-refractivity contribution is 9.10. The predicted molar refractivity (Wildman–Crippen MR) is 147 cm³/mol. The van der Waals surface area contributed by atoms with Crippen LogP contribution in [0.3, 0.4) is 0 Å². The van der Waals surface area contributed by atoms with Gasteiger partial charge in [0, 0.05) is 5.02 Å². The summed E-state index contributed by atoms with van der Waals surface area (Å²) in [6.07, 6.45) is 1.39. The Kier molecular flexibility index (Phi) is 9.41. The molecular formula is C25H25BrClN3O6S. The van der Waals surface area contributed by atoms with Crippen molar-refractivity contribution in [1.29, 1.82) is 0 Å². The van der Waals surface area contributed by atoms with Crippen LogP contribution in [-0.4, -0.2) is 48.4 Å². The average molecular weight is 611 g/mol. The number of amides is 1. The number of methoxy groups -OCH3 is 3. The molecule has 37 heavy (non-hydrogen) atoms. The monoisotopic (exact) mass is 609 g/mol. The molecule has 0 aliphatic heterocycles. The van der Waals surface area contributed by atoms with Gasteiger partial charge in [-0.25, -0.2) is 13.8 Å². The van der Waals surface area contributed by atoms with Crippen LogP contribution >= 0.6 is 27.5 Å². The van der Waals surface area contributed by atoms with Crippen molar-refractivity contribution in [1.82, 2.24) is 5.43 Å². The molecule has 9 nitrogen and oxygen atoms in total. The largest absolute Gasteiger partial charge is 0.495 e. The third-order valence-corrected chi connectivity index (χ3v) is 7.76. The van der Waals surface area contributed by atoms with Crippen molar-refractivity contribution >= 4 is 55.4 Å². The van der Waals surface area contributed by atoms with Crippen molar-refractivity contribution < 1.29 is 27.4 Å². The summed E-state index contributed by atoms with van der Waals surface area (Å²) in [4.78, 5) is 12.9. The molecule has 0 radical (unpaired) electrons. The van der Waals surface area contributed by atoms with Gasteiger partial charge in [0.1, 0.15) is 12.3 Å². The third kappa shape index (κ3) is 6.73. The van der Waals surface area contributed by atoms with E-state index in [1.165, 1.54) is 51.8 Å². The molecule has 3 rings (SSSR count). The normalized spacial score (nSPS) is 11.3. The van der Waals surface area contributed by atoms with Gasteiger partial charge in [-0.15, -0.1) is 0 Å². The standard InChI is InChI=1S/C25H25BrClN3O6S/c1-16-5-8-19(9-6-16)37(32,33)30(21-13-18(27)7-10-22(21)34-2)15-24(31)29-28-14-17-11-20(26)25(36-4)23(12-17)35-3/h5-14H,15H2,1-4H3,(H,29,31)/b28-14-. The molecule has 0 aliphatic carbocycles. The number of rotatable bonds is 10. The van der Waals surface area contributed by atoms with Gasteiger partial charge in [0.05, 0.1) is 42.6 Å². The van der Waals surface area contributed by atoms with Gasteiger partial charge in [-0.2, -0.15) is 5.10 Å². The van der Waals surface area contributed by atoms with Crippen molar-refractivity contribution in [2.45, 2.75) is 11.8 Å². The fourth-order valence-corrected chi connectivity index (χ4v) is 5.56. The van der Waals surface area contributed by atoms with Crippen LogP contribution in [0.25, 0.3) is 0 Å². The van der Waals surface area contributed by atoms with Gasteiger partial charge in [-0.05, 0) is 70.9 Å². The van der Waals surface area contributed by atoms with Crippen molar-refractivity contribution in [2.75, 3.05) is 32.2 Å². The zero-order chi connectivity index (χ0) is 27.2. The number of carbonyl (C=O) groups excluding carboxylic acids is 1. The number of nitrogens with zero attached hydrogens (tertiary/aromatic N) is 2. The Bertz CT molecular complexity index is 1410. The van der Waals surface area contributed by atoms with Gasteiger partial charge in [0.25, 0.3) is 15.9 Å². The molecular weight excluding hydrogens is 586 g/mol. The third-order valence-electron chi connectivity index (χ3n) is 5.16. The molecule has 3 aromatic rings. The zero-order valence-corrected chi connectivity index (χ0v) is 23.6. The summed E-state index contributed by atoms with van der Waals surface area (Å²) < 4.78 is 44.7. The van der Waals surface area contributed by atoms with Crippen LogP contribution in [0.4, 0.5) is 5.69 Å². The van der Waals surface area contributed by atoms with E-state index in [1.54, 1.807) is 30.3 Å². The van der Waals surface area contributed by atoms with Crippen LogP contribution in [0.15, 0.2) is 69.1 Å². The van der Waals surface area contributed by atoms with Gasteiger partial charge in [-0.3, -0.25) is 9.10 Å². The summed E-state index contributed by atoms with van der Waals surface area (Å²) in [5.74, 6) is 0.518. The lowest BCUT2D eigenvalue weighted by atomic mass is 10.2. The first kappa shape index (κ1) is 28.3. The van der Waals surface area contributed by atoms with Gasteiger partial charge >= 0.3 is 0 Å². The number of anilines is 1. The number of halogens is 2. The summed E-state index contributed by atoms with van der Waals surface area (Å²) in [5.41, 5.74) is 3.97. The summed E-state index contributed by atoms with van der Waals surface area (Å²) in [5, 5.41) is 4.24. The molecule has 0 heterocycles. The SMILES string of the molecule is COc1ccc(Cl)cc1N(CC(=O)N/N=C\c1cc(Br)c(OC)c(OC)c1)S(=O)(=O)c1ccc(C)cc1. The lowest BCUT2D eigenvalue weighted by molar-refractivity contribution is -0.119. The molecule has 3 aromatic carbocycles. The lowest BCUT2D eigenvalue weighted by Crippen LogP contribution is -2.39. The van der Waals surface area contributed by atoms with Crippen molar-refractivity contribution in [3.63, 3.8) is 0 Å². The van der Waals surface area contributed by atoms with Crippen LogP contribution in [0.1, 0.15) is 11.1 Å². The molecule has 196 valence electrons. The van der Waals surface area contributed by atoms with Crippen LogP contribution in [-0.2, 0) is 14.8 Å². The van der Waals surface area contributed by atoms with Crippen molar-refractivity contribution in [3.8, 4) is 17.2 Å².